The average Bonchev–Trinajstić information content (AvgIpc) is 3.43. The summed E-state index contributed by atoms with van der Waals surface area (Å²) in [6.07, 6.45) is 3.64. The molecular weight excluding hydrogens is 536 g/mol. The third-order valence-corrected chi connectivity index (χ3v) is 8.31. The predicted octanol–water partition coefficient (Wildman–Crippen LogP) is 9.95. The van der Waals surface area contributed by atoms with Gasteiger partial charge in [0.15, 0.2) is 5.82 Å². The van der Waals surface area contributed by atoms with Crippen molar-refractivity contribution in [2.45, 2.75) is 6.92 Å². The number of benzene rings is 5. The molecule has 8 aromatic rings. The highest BCUT2D eigenvalue weighted by molar-refractivity contribution is 6.09. The van der Waals surface area contributed by atoms with E-state index in [2.05, 4.69) is 138 Å². The zero-order chi connectivity index (χ0) is 29.5. The van der Waals surface area contributed by atoms with Crippen LogP contribution in [0.1, 0.15) is 5.56 Å². The number of aromatic nitrogens is 4. The van der Waals surface area contributed by atoms with Crippen molar-refractivity contribution in [1.82, 2.24) is 19.5 Å². The van der Waals surface area contributed by atoms with E-state index in [1.54, 1.807) is 0 Å². The summed E-state index contributed by atoms with van der Waals surface area (Å²) in [6, 6.07) is 48.9. The molecule has 0 atom stereocenters. The minimum absolute atomic E-state index is 0.722. The second-order valence-electron chi connectivity index (χ2n) is 11.0. The third kappa shape index (κ3) is 4.54. The maximum absolute atomic E-state index is 5.09. The van der Waals surface area contributed by atoms with Crippen LogP contribution in [-0.4, -0.2) is 19.5 Å². The van der Waals surface area contributed by atoms with E-state index in [0.717, 1.165) is 56.3 Å². The maximum atomic E-state index is 5.09. The molecule has 44 heavy (non-hydrogen) atoms. The van der Waals surface area contributed by atoms with Crippen LogP contribution in [0.25, 0.3) is 72.5 Å². The number of fused-ring (bicyclic) bond motifs is 3. The van der Waals surface area contributed by atoms with Gasteiger partial charge in [0.2, 0.25) is 0 Å². The summed E-state index contributed by atoms with van der Waals surface area (Å²) in [5.74, 6) is 0.722. The van der Waals surface area contributed by atoms with E-state index in [1.165, 1.54) is 21.8 Å². The minimum Gasteiger partial charge on any atom is -0.309 e. The van der Waals surface area contributed by atoms with Crippen LogP contribution >= 0.6 is 0 Å². The molecule has 0 saturated carbocycles. The molecule has 0 aliphatic carbocycles. The molecule has 0 N–H and O–H groups in total. The van der Waals surface area contributed by atoms with Crippen molar-refractivity contribution < 1.29 is 0 Å². The first-order valence-corrected chi connectivity index (χ1v) is 14.8. The van der Waals surface area contributed by atoms with Gasteiger partial charge in [0.25, 0.3) is 0 Å². The van der Waals surface area contributed by atoms with E-state index in [1.807, 2.05) is 30.6 Å². The van der Waals surface area contributed by atoms with Gasteiger partial charge in [0.05, 0.1) is 22.4 Å². The fraction of sp³-hybridized carbons (Fsp3) is 0.0250. The van der Waals surface area contributed by atoms with Crippen molar-refractivity contribution in [3.63, 3.8) is 0 Å². The van der Waals surface area contributed by atoms with Gasteiger partial charge in [0.1, 0.15) is 0 Å². The van der Waals surface area contributed by atoms with Crippen LogP contribution in [-0.2, 0) is 0 Å². The highest BCUT2D eigenvalue weighted by atomic mass is 15.0. The van der Waals surface area contributed by atoms with Gasteiger partial charge < -0.3 is 4.57 Å². The fourth-order valence-electron chi connectivity index (χ4n) is 6.05. The van der Waals surface area contributed by atoms with E-state index < -0.39 is 0 Å². The van der Waals surface area contributed by atoms with Crippen molar-refractivity contribution >= 4 is 21.8 Å². The van der Waals surface area contributed by atoms with Gasteiger partial charge in [-0.3, -0.25) is 4.98 Å². The van der Waals surface area contributed by atoms with Crippen LogP contribution in [0.3, 0.4) is 0 Å². The number of nitrogens with zero attached hydrogens (tertiary/aromatic N) is 4. The number of rotatable bonds is 5. The highest BCUT2D eigenvalue weighted by Crippen LogP contribution is 2.34. The largest absolute Gasteiger partial charge is 0.309 e. The van der Waals surface area contributed by atoms with Crippen LogP contribution in [0.5, 0.6) is 0 Å². The standard InChI is InChI=1S/C40H28N4/c1-27-8-2-3-9-33(27)40-42-36(30-16-14-28(15-17-30)29-22-24-41-25-23-29)26-37(43-40)31-18-20-32(21-19-31)44-38-12-6-4-10-34(38)35-11-5-7-13-39(35)44/h2-26H,1H3. The molecule has 0 unspecified atom stereocenters. The first-order chi connectivity index (χ1) is 21.7. The van der Waals surface area contributed by atoms with E-state index in [9.17, 15) is 0 Å². The fourth-order valence-corrected chi connectivity index (χ4v) is 6.05. The molecule has 0 fully saturated rings. The average molecular weight is 565 g/mol. The highest BCUT2D eigenvalue weighted by Gasteiger charge is 2.14. The van der Waals surface area contributed by atoms with E-state index in [4.69, 9.17) is 9.97 Å². The molecule has 0 aliphatic rings. The zero-order valence-corrected chi connectivity index (χ0v) is 24.2. The topological polar surface area (TPSA) is 43.6 Å². The normalized spacial score (nSPS) is 11.3. The molecule has 4 heteroatoms. The molecule has 0 bridgehead atoms. The van der Waals surface area contributed by atoms with Crippen LogP contribution in [0, 0.1) is 6.92 Å². The monoisotopic (exact) mass is 564 g/mol. The molecule has 0 saturated heterocycles. The Hall–Kier alpha value is -5.87. The summed E-state index contributed by atoms with van der Waals surface area (Å²) in [6.45, 7) is 2.11. The Morgan fingerprint density at radius 3 is 1.59 bits per heavy atom. The molecule has 4 nitrogen and oxygen atoms in total. The Kier molecular flexibility index (Phi) is 6.31. The molecule has 0 amide bonds. The van der Waals surface area contributed by atoms with Crippen LogP contribution in [0.2, 0.25) is 0 Å². The second-order valence-corrected chi connectivity index (χ2v) is 11.0. The number of hydrogen-bond donors (Lipinski definition) is 0. The Bertz CT molecular complexity index is 2210. The van der Waals surface area contributed by atoms with Crippen molar-refractivity contribution in [2.75, 3.05) is 0 Å². The number of pyridine rings is 1. The Labute approximate surface area is 256 Å². The smallest absolute Gasteiger partial charge is 0.160 e. The summed E-state index contributed by atoms with van der Waals surface area (Å²) in [5, 5.41) is 2.51. The van der Waals surface area contributed by atoms with Gasteiger partial charge >= 0.3 is 0 Å². The van der Waals surface area contributed by atoms with Crippen molar-refractivity contribution in [3.8, 4) is 50.7 Å². The number of aryl methyl sites for hydroxylation is 1. The molecule has 0 spiro atoms. The number of hydrogen-bond acceptors (Lipinski definition) is 3. The first kappa shape index (κ1) is 25.8. The summed E-state index contributed by atoms with van der Waals surface area (Å²) in [7, 11) is 0. The minimum atomic E-state index is 0.722. The van der Waals surface area contributed by atoms with Gasteiger partial charge in [-0.1, -0.05) is 97.1 Å². The summed E-state index contributed by atoms with van der Waals surface area (Å²) >= 11 is 0. The Morgan fingerprint density at radius 2 is 0.977 bits per heavy atom. The quantitative estimate of drug-likeness (QED) is 0.209. The molecule has 8 rings (SSSR count). The van der Waals surface area contributed by atoms with E-state index >= 15 is 0 Å². The lowest BCUT2D eigenvalue weighted by molar-refractivity contribution is 1.16. The molecule has 5 aromatic carbocycles. The van der Waals surface area contributed by atoms with Crippen LogP contribution in [0.4, 0.5) is 0 Å². The summed E-state index contributed by atoms with van der Waals surface area (Å²) in [4.78, 5) is 14.3. The lowest BCUT2D eigenvalue weighted by Gasteiger charge is -2.12. The number of para-hydroxylation sites is 2. The molecular formula is C40H28N4. The lowest BCUT2D eigenvalue weighted by Crippen LogP contribution is -1.98. The van der Waals surface area contributed by atoms with Gasteiger partial charge in [-0.15, -0.1) is 0 Å². The Morgan fingerprint density at radius 1 is 0.477 bits per heavy atom. The van der Waals surface area contributed by atoms with Crippen molar-refractivity contribution in [3.05, 3.63) is 157 Å². The zero-order valence-electron chi connectivity index (χ0n) is 24.2. The van der Waals surface area contributed by atoms with E-state index in [0.29, 0.717) is 0 Å². The Balaban J connectivity index is 1.23. The van der Waals surface area contributed by atoms with Crippen molar-refractivity contribution in [2.24, 2.45) is 0 Å². The lowest BCUT2D eigenvalue weighted by atomic mass is 10.0. The predicted molar refractivity (Wildman–Crippen MR) is 181 cm³/mol. The maximum Gasteiger partial charge on any atom is 0.160 e. The first-order valence-electron chi connectivity index (χ1n) is 14.8. The van der Waals surface area contributed by atoms with Gasteiger partial charge in [-0.05, 0) is 66.1 Å². The SMILES string of the molecule is Cc1ccccc1-c1nc(-c2ccc(-c3ccncc3)cc2)cc(-c2ccc(-n3c4ccccc4c4ccccc43)cc2)n1. The van der Waals surface area contributed by atoms with E-state index in [-0.39, 0.29) is 0 Å². The van der Waals surface area contributed by atoms with Gasteiger partial charge in [-0.2, -0.15) is 0 Å². The van der Waals surface area contributed by atoms with Crippen LogP contribution in [0.15, 0.2) is 152 Å². The molecule has 0 aliphatic heterocycles. The van der Waals surface area contributed by atoms with Crippen LogP contribution < -0.4 is 0 Å². The van der Waals surface area contributed by atoms with Gasteiger partial charge in [0, 0.05) is 45.5 Å². The molecule has 0 radical (unpaired) electrons. The second kappa shape index (κ2) is 10.8. The third-order valence-electron chi connectivity index (χ3n) is 8.31. The summed E-state index contributed by atoms with van der Waals surface area (Å²) < 4.78 is 2.34. The van der Waals surface area contributed by atoms with Crippen molar-refractivity contribution in [1.29, 1.82) is 0 Å². The molecule has 3 aromatic heterocycles. The molecule has 3 heterocycles. The van der Waals surface area contributed by atoms with Gasteiger partial charge in [-0.25, -0.2) is 9.97 Å². The molecule has 208 valence electrons. The summed E-state index contributed by atoms with van der Waals surface area (Å²) in [5.41, 5.74) is 11.8.